The molecule has 5 nitrogen and oxygen atoms in total. The van der Waals surface area contributed by atoms with E-state index in [2.05, 4.69) is 4.74 Å². The van der Waals surface area contributed by atoms with Gasteiger partial charge in [0.25, 0.3) is 0 Å². The van der Waals surface area contributed by atoms with E-state index >= 15 is 0 Å². The number of carbonyl (C=O) groups is 2. The number of rotatable bonds is 4. The molecule has 0 radical (unpaired) electrons. The molecule has 1 unspecified atom stereocenters. The molecule has 2 N–H and O–H groups in total. The normalized spacial score (nSPS) is 19.3. The van der Waals surface area contributed by atoms with Crippen LogP contribution in [0.25, 0.3) is 0 Å². The maximum atomic E-state index is 11.8. The van der Waals surface area contributed by atoms with Gasteiger partial charge in [-0.1, -0.05) is 6.42 Å². The Bertz CT molecular complexity index is 314. The number of halogens is 3. The van der Waals surface area contributed by atoms with Crippen molar-refractivity contribution in [1.82, 2.24) is 4.90 Å². The molecule has 1 fully saturated rings. The van der Waals surface area contributed by atoms with Crippen molar-refractivity contribution >= 4 is 11.8 Å². The van der Waals surface area contributed by atoms with Crippen molar-refractivity contribution in [3.8, 4) is 0 Å². The van der Waals surface area contributed by atoms with Crippen LogP contribution in [0.5, 0.6) is 0 Å². The van der Waals surface area contributed by atoms with Gasteiger partial charge in [-0.15, -0.1) is 0 Å². The monoisotopic (exact) mass is 268 g/mol. The number of carbonyl (C=O) groups excluding carboxylic acids is 2. The molecule has 1 atom stereocenters. The molecule has 104 valence electrons. The molecule has 1 heterocycles. The lowest BCUT2D eigenvalue weighted by molar-refractivity contribution is -0.200. The summed E-state index contributed by atoms with van der Waals surface area (Å²) in [5, 5.41) is 0. The lowest BCUT2D eigenvalue weighted by Gasteiger charge is -2.30. The molecule has 1 aliphatic heterocycles. The number of alkyl halides is 3. The highest BCUT2D eigenvalue weighted by Crippen LogP contribution is 2.16. The van der Waals surface area contributed by atoms with Crippen LogP contribution in [0.3, 0.4) is 0 Å². The van der Waals surface area contributed by atoms with Gasteiger partial charge in [-0.3, -0.25) is 9.69 Å². The minimum absolute atomic E-state index is 0.625. The average molecular weight is 268 g/mol. The molecule has 8 heteroatoms. The topological polar surface area (TPSA) is 72.6 Å². The molecule has 0 bridgehead atoms. The number of nitrogens with zero attached hydrogens (tertiary/aromatic N) is 1. The Kier molecular flexibility index (Phi) is 5.09. The van der Waals surface area contributed by atoms with Gasteiger partial charge in [-0.25, -0.2) is 4.79 Å². The third-order valence-corrected chi connectivity index (χ3v) is 2.69. The van der Waals surface area contributed by atoms with Gasteiger partial charge in [-0.2, -0.15) is 13.2 Å². The van der Waals surface area contributed by atoms with Crippen LogP contribution >= 0.6 is 0 Å². The molecule has 0 aliphatic carbocycles. The zero-order valence-electron chi connectivity index (χ0n) is 9.70. The van der Waals surface area contributed by atoms with Crippen LogP contribution in [-0.2, 0) is 14.3 Å². The number of likely N-dealkylation sites (tertiary alicyclic amines) is 1. The highest BCUT2D eigenvalue weighted by Gasteiger charge is 2.41. The number of hydrogen-bond donors (Lipinski definition) is 1. The molecule has 0 aromatic rings. The smallest absolute Gasteiger partial charge is 0.451 e. The van der Waals surface area contributed by atoms with E-state index in [1.54, 1.807) is 4.90 Å². The molecule has 0 spiro atoms. The number of hydrogen-bond acceptors (Lipinski definition) is 5. The van der Waals surface area contributed by atoms with Crippen LogP contribution in [0.15, 0.2) is 0 Å². The molecule has 18 heavy (non-hydrogen) atoms. The molecule has 0 amide bonds. The van der Waals surface area contributed by atoms with E-state index in [0.29, 0.717) is 13.1 Å². The Balaban J connectivity index is 2.38. The zero-order valence-corrected chi connectivity index (χ0v) is 9.70. The summed E-state index contributed by atoms with van der Waals surface area (Å²) in [6.45, 7) is 0.302. The molecule has 1 rings (SSSR count). The van der Waals surface area contributed by atoms with Crippen LogP contribution in [0.4, 0.5) is 13.2 Å². The minimum atomic E-state index is -5.09. The molecule has 1 aliphatic rings. The van der Waals surface area contributed by atoms with E-state index in [1.165, 1.54) is 0 Å². The van der Waals surface area contributed by atoms with Crippen molar-refractivity contribution in [1.29, 1.82) is 0 Å². The quantitative estimate of drug-likeness (QED) is 0.749. The Hall–Kier alpha value is -1.15. The summed E-state index contributed by atoms with van der Waals surface area (Å²) in [5.74, 6) is -3.10. The lowest BCUT2D eigenvalue weighted by atomic mass is 10.1. The second-order valence-corrected chi connectivity index (χ2v) is 4.08. The fourth-order valence-corrected chi connectivity index (χ4v) is 1.70. The van der Waals surface area contributed by atoms with Gasteiger partial charge in [0.15, 0.2) is 6.61 Å². The van der Waals surface area contributed by atoms with Crippen LogP contribution in [0.2, 0.25) is 0 Å². The molecule has 0 aromatic heterocycles. The summed E-state index contributed by atoms with van der Waals surface area (Å²) in [5.41, 5.74) is 5.59. The molecule has 0 aromatic carbocycles. The van der Waals surface area contributed by atoms with Crippen molar-refractivity contribution in [2.45, 2.75) is 31.6 Å². The average Bonchev–Trinajstić information content (AvgIpc) is 2.34. The maximum Gasteiger partial charge on any atom is 0.490 e. The van der Waals surface area contributed by atoms with E-state index in [1.807, 2.05) is 0 Å². The first-order valence-corrected chi connectivity index (χ1v) is 5.58. The zero-order chi connectivity index (χ0) is 13.8. The van der Waals surface area contributed by atoms with Crippen molar-refractivity contribution < 1.29 is 27.5 Å². The van der Waals surface area contributed by atoms with E-state index in [9.17, 15) is 22.8 Å². The summed E-state index contributed by atoms with van der Waals surface area (Å²) >= 11 is 0. The summed E-state index contributed by atoms with van der Waals surface area (Å²) in [6, 6.07) is 0. The molecule has 0 saturated carbocycles. The molecule has 1 saturated heterocycles. The van der Waals surface area contributed by atoms with E-state index in [-0.39, 0.29) is 0 Å². The minimum Gasteiger partial charge on any atom is -0.451 e. The van der Waals surface area contributed by atoms with E-state index in [4.69, 9.17) is 5.73 Å². The van der Waals surface area contributed by atoms with Crippen LogP contribution in [0.1, 0.15) is 19.3 Å². The highest BCUT2D eigenvalue weighted by molar-refractivity contribution is 5.87. The first kappa shape index (κ1) is 14.9. The SMILES string of the molecule is NC(C(=O)COC(=O)C(F)(F)F)N1CCCCC1. The van der Waals surface area contributed by atoms with Crippen LogP contribution < -0.4 is 5.73 Å². The second-order valence-electron chi connectivity index (χ2n) is 4.08. The van der Waals surface area contributed by atoms with Gasteiger partial charge in [0.1, 0.15) is 6.17 Å². The summed E-state index contributed by atoms with van der Waals surface area (Å²) in [4.78, 5) is 23.6. The summed E-state index contributed by atoms with van der Waals surface area (Å²) in [6.07, 6.45) is -3.27. The third kappa shape index (κ3) is 4.26. The summed E-state index contributed by atoms with van der Waals surface area (Å²) in [7, 11) is 0. The fourth-order valence-electron chi connectivity index (χ4n) is 1.70. The number of ether oxygens (including phenoxy) is 1. The fraction of sp³-hybridized carbons (Fsp3) is 0.800. The second kappa shape index (κ2) is 6.14. The first-order chi connectivity index (χ1) is 8.32. The third-order valence-electron chi connectivity index (χ3n) is 2.69. The number of nitrogens with two attached hydrogens (primary N) is 1. The Labute approximate surface area is 102 Å². The van der Waals surface area contributed by atoms with Crippen molar-refractivity contribution in [2.24, 2.45) is 5.73 Å². The molecular formula is C10H15F3N2O3. The molecular weight excluding hydrogens is 253 g/mol. The van der Waals surface area contributed by atoms with Gasteiger partial charge in [0.05, 0.1) is 0 Å². The van der Waals surface area contributed by atoms with Gasteiger partial charge in [0, 0.05) is 13.1 Å². The van der Waals surface area contributed by atoms with Crippen LogP contribution in [0, 0.1) is 0 Å². The first-order valence-electron chi connectivity index (χ1n) is 5.58. The van der Waals surface area contributed by atoms with Crippen molar-refractivity contribution in [2.75, 3.05) is 19.7 Å². The Morgan fingerprint density at radius 1 is 1.22 bits per heavy atom. The summed E-state index contributed by atoms with van der Waals surface area (Å²) < 4.78 is 39.3. The van der Waals surface area contributed by atoms with Gasteiger partial charge >= 0.3 is 12.1 Å². The number of Topliss-reactive ketones (excluding diaryl/α,β-unsaturated/α-hetero) is 1. The Morgan fingerprint density at radius 3 is 2.28 bits per heavy atom. The largest absolute Gasteiger partial charge is 0.490 e. The number of ketones is 1. The predicted octanol–water partition coefficient (Wildman–Crippen LogP) is 0.432. The van der Waals surface area contributed by atoms with Gasteiger partial charge in [-0.05, 0) is 12.8 Å². The van der Waals surface area contributed by atoms with Crippen molar-refractivity contribution in [3.05, 3.63) is 0 Å². The van der Waals surface area contributed by atoms with E-state index < -0.39 is 30.7 Å². The highest BCUT2D eigenvalue weighted by atomic mass is 19.4. The van der Waals surface area contributed by atoms with Gasteiger partial charge < -0.3 is 10.5 Å². The van der Waals surface area contributed by atoms with Gasteiger partial charge in [0.2, 0.25) is 5.78 Å². The Morgan fingerprint density at radius 2 is 1.78 bits per heavy atom. The van der Waals surface area contributed by atoms with Crippen molar-refractivity contribution in [3.63, 3.8) is 0 Å². The number of piperidine rings is 1. The van der Waals surface area contributed by atoms with Crippen LogP contribution in [-0.4, -0.2) is 48.7 Å². The van der Waals surface area contributed by atoms with E-state index in [0.717, 1.165) is 19.3 Å². The lowest BCUT2D eigenvalue weighted by Crippen LogP contribution is -2.51. The number of esters is 1. The standard InChI is InChI=1S/C10H15F3N2O3/c11-10(12,13)9(17)18-6-7(16)8(14)15-4-2-1-3-5-15/h8H,1-6,14H2. The maximum absolute atomic E-state index is 11.8. The predicted molar refractivity (Wildman–Crippen MR) is 55.4 cm³/mol.